The fourth-order valence-corrected chi connectivity index (χ4v) is 2.92. The summed E-state index contributed by atoms with van der Waals surface area (Å²) >= 11 is 0. The van der Waals surface area contributed by atoms with Crippen LogP contribution in [0.2, 0.25) is 0 Å². The quantitative estimate of drug-likeness (QED) is 0.520. The number of carboxylic acid groups (broad SMARTS) is 1. The van der Waals surface area contributed by atoms with Crippen LogP contribution in [0.15, 0.2) is 24.3 Å². The van der Waals surface area contributed by atoms with E-state index in [1.807, 2.05) is 12.1 Å². The van der Waals surface area contributed by atoms with Crippen molar-refractivity contribution < 1.29 is 39.5 Å². The molecule has 8 heteroatoms. The van der Waals surface area contributed by atoms with Gasteiger partial charge in [-0.05, 0) is 30.4 Å². The number of aliphatic hydroxyl groups is 3. The van der Waals surface area contributed by atoms with E-state index in [2.05, 4.69) is 13.8 Å². The Bertz CT molecular complexity index is 656. The largest absolute Gasteiger partial charge is 0.479 e. The van der Waals surface area contributed by atoms with Gasteiger partial charge in [0.25, 0.3) is 0 Å². The van der Waals surface area contributed by atoms with Gasteiger partial charge in [0.2, 0.25) is 6.29 Å². The molecule has 1 heterocycles. The molecular formula is C19H26O8. The highest BCUT2D eigenvalue weighted by Gasteiger charge is 2.48. The molecule has 150 valence electrons. The van der Waals surface area contributed by atoms with Gasteiger partial charge in [0.05, 0.1) is 5.92 Å². The Labute approximate surface area is 157 Å². The van der Waals surface area contributed by atoms with Gasteiger partial charge in [-0.25, -0.2) is 4.79 Å². The molecule has 0 amide bonds. The van der Waals surface area contributed by atoms with Crippen molar-refractivity contribution in [2.24, 2.45) is 5.92 Å². The van der Waals surface area contributed by atoms with Gasteiger partial charge in [0.1, 0.15) is 18.3 Å². The minimum absolute atomic E-state index is 0.507. The topological polar surface area (TPSA) is 134 Å². The second-order valence-corrected chi connectivity index (χ2v) is 7.23. The number of benzene rings is 1. The van der Waals surface area contributed by atoms with Gasteiger partial charge < -0.3 is 29.9 Å². The van der Waals surface area contributed by atoms with Crippen LogP contribution in [0, 0.1) is 5.92 Å². The molecule has 1 fully saturated rings. The summed E-state index contributed by atoms with van der Waals surface area (Å²) in [4.78, 5) is 23.5. The Morgan fingerprint density at radius 1 is 1.04 bits per heavy atom. The molecule has 1 aromatic carbocycles. The predicted molar refractivity (Wildman–Crippen MR) is 93.8 cm³/mol. The van der Waals surface area contributed by atoms with Crippen LogP contribution in [0.4, 0.5) is 0 Å². The normalized spacial score (nSPS) is 29.4. The van der Waals surface area contributed by atoms with Crippen LogP contribution in [-0.2, 0) is 25.5 Å². The SMILES string of the molecule is CC(C)Cc1ccc([C@H](C)C(=O)O[C@@H]2O[C@H](C(=O)O)[C@@H](O)[C@H](O)[C@H]2O)cc1. The lowest BCUT2D eigenvalue weighted by Crippen LogP contribution is -2.60. The molecule has 27 heavy (non-hydrogen) atoms. The lowest BCUT2D eigenvalue weighted by Gasteiger charge is -2.38. The van der Waals surface area contributed by atoms with Gasteiger partial charge in [-0.15, -0.1) is 0 Å². The van der Waals surface area contributed by atoms with Crippen molar-refractivity contribution in [1.82, 2.24) is 0 Å². The molecule has 0 aliphatic carbocycles. The van der Waals surface area contributed by atoms with Crippen molar-refractivity contribution in [1.29, 1.82) is 0 Å². The van der Waals surface area contributed by atoms with Gasteiger partial charge >= 0.3 is 11.9 Å². The number of hydrogen-bond acceptors (Lipinski definition) is 7. The maximum absolute atomic E-state index is 12.4. The molecule has 4 N–H and O–H groups in total. The Balaban J connectivity index is 2.05. The molecule has 8 nitrogen and oxygen atoms in total. The average molecular weight is 382 g/mol. The zero-order valence-corrected chi connectivity index (χ0v) is 15.5. The van der Waals surface area contributed by atoms with E-state index in [1.54, 1.807) is 19.1 Å². The second-order valence-electron chi connectivity index (χ2n) is 7.23. The summed E-state index contributed by atoms with van der Waals surface area (Å²) in [6, 6.07) is 7.46. The number of aliphatic carboxylic acids is 1. The lowest BCUT2D eigenvalue weighted by atomic mass is 9.96. The van der Waals surface area contributed by atoms with Crippen molar-refractivity contribution in [2.45, 2.75) is 63.8 Å². The number of aliphatic hydroxyl groups excluding tert-OH is 3. The van der Waals surface area contributed by atoms with E-state index in [1.165, 1.54) is 0 Å². The summed E-state index contributed by atoms with van der Waals surface area (Å²) in [5, 5.41) is 38.4. The number of carbonyl (C=O) groups excluding carboxylic acids is 1. The molecule has 0 radical (unpaired) electrons. The summed E-state index contributed by atoms with van der Waals surface area (Å²) in [5.41, 5.74) is 1.83. The molecule has 0 bridgehead atoms. The Morgan fingerprint density at radius 2 is 1.63 bits per heavy atom. The van der Waals surface area contributed by atoms with Crippen molar-refractivity contribution in [3.63, 3.8) is 0 Å². The lowest BCUT2D eigenvalue weighted by molar-refractivity contribution is -0.286. The van der Waals surface area contributed by atoms with E-state index in [-0.39, 0.29) is 0 Å². The molecule has 1 saturated heterocycles. The highest BCUT2D eigenvalue weighted by atomic mass is 16.7. The van der Waals surface area contributed by atoms with Gasteiger partial charge in [0.15, 0.2) is 6.10 Å². The third kappa shape index (κ3) is 5.04. The first kappa shape index (κ1) is 21.3. The maximum Gasteiger partial charge on any atom is 0.335 e. The molecule has 6 atom stereocenters. The number of esters is 1. The van der Waals surface area contributed by atoms with E-state index in [0.29, 0.717) is 11.5 Å². The third-order valence-corrected chi connectivity index (χ3v) is 4.52. The molecule has 0 unspecified atom stereocenters. The minimum atomic E-state index is -1.83. The summed E-state index contributed by atoms with van der Waals surface area (Å²) in [6.07, 6.45) is -8.01. The Hall–Kier alpha value is -2.00. The standard InChI is InChI=1S/C19H26O8/c1-9(2)8-11-4-6-12(7-5-11)10(3)18(25)27-19-15(22)13(20)14(21)16(26-19)17(23)24/h4-7,9-10,13-16,19-22H,8H2,1-3H3,(H,23,24)/t10-,13-,14-,15+,16-,19-/m0/s1. The summed E-state index contributed by atoms with van der Waals surface area (Å²) < 4.78 is 10.0. The second kappa shape index (κ2) is 8.79. The number of carbonyl (C=O) groups is 2. The van der Waals surface area contributed by atoms with Gasteiger partial charge in [-0.3, -0.25) is 4.79 Å². The Morgan fingerprint density at radius 3 is 2.15 bits per heavy atom. The van der Waals surface area contributed by atoms with Crippen LogP contribution < -0.4 is 0 Å². The first-order chi connectivity index (χ1) is 12.6. The number of carboxylic acids is 1. The molecular weight excluding hydrogens is 356 g/mol. The van der Waals surface area contributed by atoms with Crippen LogP contribution in [0.5, 0.6) is 0 Å². The molecule has 2 rings (SSSR count). The van der Waals surface area contributed by atoms with Crippen LogP contribution in [0.25, 0.3) is 0 Å². The van der Waals surface area contributed by atoms with Crippen molar-refractivity contribution >= 4 is 11.9 Å². The monoisotopic (exact) mass is 382 g/mol. The van der Waals surface area contributed by atoms with Crippen molar-refractivity contribution in [3.05, 3.63) is 35.4 Å². The fourth-order valence-electron chi connectivity index (χ4n) is 2.92. The van der Waals surface area contributed by atoms with Crippen molar-refractivity contribution in [2.75, 3.05) is 0 Å². The van der Waals surface area contributed by atoms with E-state index in [0.717, 1.165) is 12.0 Å². The zero-order valence-electron chi connectivity index (χ0n) is 15.5. The van der Waals surface area contributed by atoms with Crippen LogP contribution in [0.3, 0.4) is 0 Å². The summed E-state index contributed by atoms with van der Waals surface area (Å²) in [7, 11) is 0. The van der Waals surface area contributed by atoms with E-state index in [4.69, 9.17) is 14.6 Å². The maximum atomic E-state index is 12.4. The number of hydrogen-bond donors (Lipinski definition) is 4. The molecule has 0 spiro atoms. The molecule has 1 aliphatic heterocycles. The van der Waals surface area contributed by atoms with E-state index in [9.17, 15) is 24.9 Å². The highest BCUT2D eigenvalue weighted by molar-refractivity contribution is 5.78. The molecule has 0 saturated carbocycles. The van der Waals surface area contributed by atoms with Crippen LogP contribution in [0.1, 0.15) is 37.8 Å². The van der Waals surface area contributed by atoms with Crippen LogP contribution in [-0.4, -0.2) is 63.1 Å². The average Bonchev–Trinajstić information content (AvgIpc) is 2.61. The first-order valence-electron chi connectivity index (χ1n) is 8.83. The van der Waals surface area contributed by atoms with Crippen molar-refractivity contribution in [3.8, 4) is 0 Å². The fraction of sp³-hybridized carbons (Fsp3) is 0.579. The summed E-state index contributed by atoms with van der Waals surface area (Å²) in [5.74, 6) is -2.47. The van der Waals surface area contributed by atoms with Gasteiger partial charge in [0, 0.05) is 0 Å². The van der Waals surface area contributed by atoms with E-state index >= 15 is 0 Å². The number of rotatable bonds is 6. The minimum Gasteiger partial charge on any atom is -0.479 e. The molecule has 1 aromatic rings. The third-order valence-electron chi connectivity index (χ3n) is 4.52. The highest BCUT2D eigenvalue weighted by Crippen LogP contribution is 2.25. The first-order valence-corrected chi connectivity index (χ1v) is 8.83. The Kier molecular flexibility index (Phi) is 6.94. The smallest absolute Gasteiger partial charge is 0.335 e. The van der Waals surface area contributed by atoms with Gasteiger partial charge in [-0.2, -0.15) is 0 Å². The van der Waals surface area contributed by atoms with E-state index < -0.39 is 48.6 Å². The van der Waals surface area contributed by atoms with Gasteiger partial charge in [-0.1, -0.05) is 38.1 Å². The zero-order chi connectivity index (χ0) is 20.3. The molecule has 0 aromatic heterocycles. The summed E-state index contributed by atoms with van der Waals surface area (Å²) in [6.45, 7) is 5.83. The predicted octanol–water partition coefficient (Wildman–Crippen LogP) is 0.424. The van der Waals surface area contributed by atoms with Crippen LogP contribution >= 0.6 is 0 Å². The number of ether oxygens (including phenoxy) is 2. The molecule has 1 aliphatic rings.